The Kier molecular flexibility index (Phi) is 5.54. The Bertz CT molecular complexity index is 813. The fourth-order valence-electron chi connectivity index (χ4n) is 2.63. The highest BCUT2D eigenvalue weighted by Gasteiger charge is 2.27. The SMILES string of the molecule is COc1cccc(S(=O)(=O)N(CC(C)C)c2ccc(C)cc2C)c1. The van der Waals surface area contributed by atoms with E-state index in [2.05, 4.69) is 0 Å². The quantitative estimate of drug-likeness (QED) is 0.788. The van der Waals surface area contributed by atoms with Gasteiger partial charge in [0.2, 0.25) is 0 Å². The molecule has 4 nitrogen and oxygen atoms in total. The van der Waals surface area contributed by atoms with Crippen LogP contribution in [0.5, 0.6) is 5.75 Å². The van der Waals surface area contributed by atoms with Gasteiger partial charge in [-0.05, 0) is 43.5 Å². The summed E-state index contributed by atoms with van der Waals surface area (Å²) < 4.78 is 33.2. The lowest BCUT2D eigenvalue weighted by atomic mass is 10.1. The Morgan fingerprint density at radius 2 is 1.79 bits per heavy atom. The van der Waals surface area contributed by atoms with Crippen molar-refractivity contribution in [3.63, 3.8) is 0 Å². The van der Waals surface area contributed by atoms with Crippen LogP contribution in [0.15, 0.2) is 47.4 Å². The summed E-state index contributed by atoms with van der Waals surface area (Å²) in [4.78, 5) is 0.238. The molecule has 2 aromatic carbocycles. The monoisotopic (exact) mass is 347 g/mol. The van der Waals surface area contributed by atoms with E-state index in [0.29, 0.717) is 12.3 Å². The lowest BCUT2D eigenvalue weighted by Gasteiger charge is -2.28. The predicted octanol–water partition coefficient (Wildman–Crippen LogP) is 4.16. The highest BCUT2D eigenvalue weighted by atomic mass is 32.2. The van der Waals surface area contributed by atoms with Crippen molar-refractivity contribution in [2.45, 2.75) is 32.6 Å². The summed E-state index contributed by atoms with van der Waals surface area (Å²) in [6, 6.07) is 12.4. The van der Waals surface area contributed by atoms with Gasteiger partial charge in [-0.1, -0.05) is 37.6 Å². The van der Waals surface area contributed by atoms with E-state index < -0.39 is 10.0 Å². The van der Waals surface area contributed by atoms with E-state index in [0.717, 1.165) is 16.8 Å². The lowest BCUT2D eigenvalue weighted by Crippen LogP contribution is -2.34. The van der Waals surface area contributed by atoms with Gasteiger partial charge >= 0.3 is 0 Å². The Morgan fingerprint density at radius 1 is 1.08 bits per heavy atom. The Balaban J connectivity index is 2.57. The van der Waals surface area contributed by atoms with Gasteiger partial charge in [-0.15, -0.1) is 0 Å². The first-order chi connectivity index (χ1) is 11.3. The first kappa shape index (κ1) is 18.3. The van der Waals surface area contributed by atoms with Crippen molar-refractivity contribution in [1.29, 1.82) is 0 Å². The van der Waals surface area contributed by atoms with Crippen molar-refractivity contribution < 1.29 is 13.2 Å². The van der Waals surface area contributed by atoms with E-state index in [4.69, 9.17) is 4.74 Å². The van der Waals surface area contributed by atoms with Crippen molar-refractivity contribution in [2.24, 2.45) is 5.92 Å². The maximum absolute atomic E-state index is 13.2. The topological polar surface area (TPSA) is 46.6 Å². The molecule has 0 saturated heterocycles. The Labute approximate surface area is 145 Å². The van der Waals surface area contributed by atoms with Crippen molar-refractivity contribution in [3.8, 4) is 5.75 Å². The zero-order chi connectivity index (χ0) is 17.9. The molecule has 0 radical (unpaired) electrons. The molecule has 0 unspecified atom stereocenters. The van der Waals surface area contributed by atoms with Gasteiger partial charge < -0.3 is 4.74 Å². The average Bonchev–Trinajstić information content (AvgIpc) is 2.53. The normalized spacial score (nSPS) is 11.6. The standard InChI is InChI=1S/C19H25NO3S/c1-14(2)13-20(19-10-9-15(3)11-16(19)4)24(21,22)18-8-6-7-17(12-18)23-5/h6-12,14H,13H2,1-5H3. The molecular weight excluding hydrogens is 322 g/mol. The summed E-state index contributed by atoms with van der Waals surface area (Å²) in [6.45, 7) is 8.38. The maximum Gasteiger partial charge on any atom is 0.264 e. The number of benzene rings is 2. The highest BCUT2D eigenvalue weighted by molar-refractivity contribution is 7.92. The number of nitrogens with zero attached hydrogens (tertiary/aromatic N) is 1. The number of rotatable bonds is 6. The third kappa shape index (κ3) is 3.90. The van der Waals surface area contributed by atoms with Crippen molar-refractivity contribution >= 4 is 15.7 Å². The number of sulfonamides is 1. The number of hydrogen-bond acceptors (Lipinski definition) is 3. The summed E-state index contributed by atoms with van der Waals surface area (Å²) in [5, 5.41) is 0. The average molecular weight is 347 g/mol. The molecule has 0 aliphatic rings. The minimum atomic E-state index is -3.66. The van der Waals surface area contributed by atoms with Gasteiger partial charge in [0.05, 0.1) is 17.7 Å². The van der Waals surface area contributed by atoms with Crippen molar-refractivity contribution in [1.82, 2.24) is 0 Å². The molecule has 5 heteroatoms. The smallest absolute Gasteiger partial charge is 0.264 e. The van der Waals surface area contributed by atoms with E-state index in [1.54, 1.807) is 24.3 Å². The van der Waals surface area contributed by atoms with Crippen LogP contribution in [0, 0.1) is 19.8 Å². The molecule has 0 saturated carbocycles. The minimum absolute atomic E-state index is 0.200. The second-order valence-corrected chi connectivity index (χ2v) is 8.26. The summed E-state index contributed by atoms with van der Waals surface area (Å²) >= 11 is 0. The maximum atomic E-state index is 13.2. The molecular formula is C19H25NO3S. The molecule has 0 bridgehead atoms. The van der Waals surface area contributed by atoms with Gasteiger partial charge in [-0.2, -0.15) is 0 Å². The molecule has 130 valence electrons. The molecule has 2 aromatic rings. The summed E-state index contributed by atoms with van der Waals surface area (Å²) in [7, 11) is -2.13. The van der Waals surface area contributed by atoms with Gasteiger partial charge in [-0.3, -0.25) is 4.31 Å². The summed E-state index contributed by atoms with van der Waals surface area (Å²) in [5.74, 6) is 0.729. The fraction of sp³-hybridized carbons (Fsp3) is 0.368. The van der Waals surface area contributed by atoms with E-state index >= 15 is 0 Å². The number of hydrogen-bond donors (Lipinski definition) is 0. The summed E-state index contributed by atoms with van der Waals surface area (Å²) in [5.41, 5.74) is 2.78. The molecule has 24 heavy (non-hydrogen) atoms. The second kappa shape index (κ2) is 7.26. The fourth-order valence-corrected chi connectivity index (χ4v) is 4.36. The first-order valence-corrected chi connectivity index (χ1v) is 9.43. The second-order valence-electron chi connectivity index (χ2n) is 6.40. The molecule has 0 amide bonds. The molecule has 0 aromatic heterocycles. The molecule has 0 spiro atoms. The molecule has 0 fully saturated rings. The largest absolute Gasteiger partial charge is 0.497 e. The van der Waals surface area contributed by atoms with Crippen LogP contribution >= 0.6 is 0 Å². The lowest BCUT2D eigenvalue weighted by molar-refractivity contribution is 0.413. The van der Waals surface area contributed by atoms with Crippen LogP contribution in [0.4, 0.5) is 5.69 Å². The van der Waals surface area contributed by atoms with Crippen LogP contribution in [0.3, 0.4) is 0 Å². The third-order valence-corrected chi connectivity index (χ3v) is 5.56. The number of ether oxygens (including phenoxy) is 1. The third-order valence-electron chi connectivity index (χ3n) is 3.78. The van der Waals surface area contributed by atoms with Gasteiger partial charge in [0.15, 0.2) is 0 Å². The highest BCUT2D eigenvalue weighted by Crippen LogP contribution is 2.29. The van der Waals surface area contributed by atoms with Crippen molar-refractivity contribution in [2.75, 3.05) is 18.0 Å². The zero-order valence-electron chi connectivity index (χ0n) is 14.9. The van der Waals surface area contributed by atoms with Crippen molar-refractivity contribution in [3.05, 3.63) is 53.6 Å². The molecule has 0 atom stereocenters. The predicted molar refractivity (Wildman–Crippen MR) is 98.3 cm³/mol. The van der Waals surface area contributed by atoms with Gasteiger partial charge in [0.25, 0.3) is 10.0 Å². The van der Waals surface area contributed by atoms with Crippen LogP contribution in [-0.2, 0) is 10.0 Å². The van der Waals surface area contributed by atoms with E-state index in [1.807, 2.05) is 45.9 Å². The van der Waals surface area contributed by atoms with Gasteiger partial charge in [0.1, 0.15) is 5.75 Å². The van der Waals surface area contributed by atoms with Crippen LogP contribution in [-0.4, -0.2) is 22.1 Å². The molecule has 0 aliphatic heterocycles. The molecule has 0 aliphatic carbocycles. The van der Waals surface area contributed by atoms with E-state index in [9.17, 15) is 8.42 Å². The number of methoxy groups -OCH3 is 1. The summed E-state index contributed by atoms with van der Waals surface area (Å²) in [6.07, 6.45) is 0. The molecule has 0 N–H and O–H groups in total. The van der Waals surface area contributed by atoms with E-state index in [1.165, 1.54) is 11.4 Å². The van der Waals surface area contributed by atoms with Gasteiger partial charge in [0, 0.05) is 12.6 Å². The Hall–Kier alpha value is -2.01. The molecule has 0 heterocycles. The zero-order valence-corrected chi connectivity index (χ0v) is 15.7. The van der Waals surface area contributed by atoms with E-state index in [-0.39, 0.29) is 10.8 Å². The van der Waals surface area contributed by atoms with Crippen LogP contribution in [0.25, 0.3) is 0 Å². The van der Waals surface area contributed by atoms with Gasteiger partial charge in [-0.25, -0.2) is 8.42 Å². The first-order valence-electron chi connectivity index (χ1n) is 7.99. The van der Waals surface area contributed by atoms with Crippen LogP contribution in [0.1, 0.15) is 25.0 Å². The number of aryl methyl sites for hydroxylation is 2. The minimum Gasteiger partial charge on any atom is -0.497 e. The number of anilines is 1. The van der Waals surface area contributed by atoms with Crippen LogP contribution < -0.4 is 9.04 Å². The molecule has 2 rings (SSSR count). The van der Waals surface area contributed by atoms with Crippen LogP contribution in [0.2, 0.25) is 0 Å². The Morgan fingerprint density at radius 3 is 2.38 bits per heavy atom.